The van der Waals surface area contributed by atoms with Crippen LogP contribution in [0.5, 0.6) is 0 Å². The first-order valence-electron chi connectivity index (χ1n) is 15.8. The van der Waals surface area contributed by atoms with Gasteiger partial charge in [0.25, 0.3) is 5.91 Å². The Morgan fingerprint density at radius 2 is 1.69 bits per heavy atom. The zero-order valence-corrected chi connectivity index (χ0v) is 27.2. The molecule has 45 heavy (non-hydrogen) atoms. The van der Waals surface area contributed by atoms with E-state index in [4.69, 9.17) is 9.84 Å². The van der Waals surface area contributed by atoms with Gasteiger partial charge in [0.15, 0.2) is 5.82 Å². The fourth-order valence-electron chi connectivity index (χ4n) is 6.26. The van der Waals surface area contributed by atoms with Gasteiger partial charge in [-0.25, -0.2) is 9.97 Å². The van der Waals surface area contributed by atoms with Crippen LogP contribution in [-0.2, 0) is 22.1 Å². The maximum Gasteiger partial charge on any atom is 0.255 e. The molecule has 3 heterocycles. The molecule has 1 amide bonds. The molecule has 0 radical (unpaired) electrons. The lowest BCUT2D eigenvalue weighted by Gasteiger charge is -2.42. The van der Waals surface area contributed by atoms with Gasteiger partial charge in [-0.2, -0.15) is 9.78 Å². The van der Waals surface area contributed by atoms with E-state index in [0.717, 1.165) is 61.9 Å². The number of hydrogen-bond donors (Lipinski definition) is 3. The number of aromatic nitrogens is 4. The molecule has 6 rings (SSSR count). The average molecular weight is 609 g/mol. The van der Waals surface area contributed by atoms with Crippen molar-refractivity contribution in [3.63, 3.8) is 0 Å². The van der Waals surface area contributed by atoms with Crippen LogP contribution in [0.15, 0.2) is 54.9 Å². The van der Waals surface area contributed by atoms with E-state index in [-0.39, 0.29) is 16.7 Å². The van der Waals surface area contributed by atoms with E-state index in [2.05, 4.69) is 76.7 Å². The number of hydrogen-bond acceptors (Lipinski definition) is 8. The van der Waals surface area contributed by atoms with Gasteiger partial charge < -0.3 is 20.7 Å². The van der Waals surface area contributed by atoms with Crippen molar-refractivity contribution in [2.45, 2.75) is 64.8 Å². The molecule has 10 nitrogen and oxygen atoms in total. The number of carbonyl (C=O) groups excluding carboxylic acids is 1. The Balaban J connectivity index is 1.27. The molecule has 0 unspecified atom stereocenters. The summed E-state index contributed by atoms with van der Waals surface area (Å²) in [4.78, 5) is 24.6. The number of morpholine rings is 1. The second-order valence-electron chi connectivity index (χ2n) is 13.5. The molecule has 3 N–H and O–H groups in total. The predicted octanol–water partition coefficient (Wildman–Crippen LogP) is 6.19. The van der Waals surface area contributed by atoms with Crippen LogP contribution < -0.4 is 16.0 Å². The van der Waals surface area contributed by atoms with Gasteiger partial charge >= 0.3 is 0 Å². The van der Waals surface area contributed by atoms with Crippen LogP contribution in [0.25, 0.3) is 5.82 Å². The predicted molar refractivity (Wildman–Crippen MR) is 179 cm³/mol. The topological polar surface area (TPSA) is 109 Å². The number of ether oxygens (including phenoxy) is 1. The maximum atomic E-state index is 13.5. The first kappa shape index (κ1) is 30.7. The fourth-order valence-corrected chi connectivity index (χ4v) is 6.26. The molecule has 2 aromatic heterocycles. The highest BCUT2D eigenvalue weighted by molar-refractivity contribution is 6.04. The van der Waals surface area contributed by atoms with Gasteiger partial charge in [-0.05, 0) is 71.6 Å². The maximum absolute atomic E-state index is 13.5. The van der Waals surface area contributed by atoms with Crippen molar-refractivity contribution < 1.29 is 9.53 Å². The Morgan fingerprint density at radius 3 is 2.44 bits per heavy atom. The summed E-state index contributed by atoms with van der Waals surface area (Å²) in [7, 11) is 1.83. The van der Waals surface area contributed by atoms with E-state index in [0.29, 0.717) is 29.4 Å². The third-order valence-electron chi connectivity index (χ3n) is 9.25. The largest absolute Gasteiger partial charge is 0.379 e. The molecule has 0 atom stereocenters. The van der Waals surface area contributed by atoms with Crippen molar-refractivity contribution in [1.82, 2.24) is 24.6 Å². The third-order valence-corrected chi connectivity index (χ3v) is 9.25. The summed E-state index contributed by atoms with van der Waals surface area (Å²) in [5, 5.41) is 14.7. The lowest BCUT2D eigenvalue weighted by atomic mass is 9.63. The molecule has 1 aliphatic carbocycles. The number of nitrogens with one attached hydrogen (secondary N) is 3. The summed E-state index contributed by atoms with van der Waals surface area (Å²) in [5.41, 5.74) is 6.95. The van der Waals surface area contributed by atoms with Crippen molar-refractivity contribution >= 4 is 28.9 Å². The summed E-state index contributed by atoms with van der Waals surface area (Å²) < 4.78 is 7.33. The van der Waals surface area contributed by atoms with Crippen LogP contribution in [0.4, 0.5) is 23.0 Å². The SMILES string of the molecule is CNc1cc(-n2nc(CN3CCOCC3)cc2Nc2cc(NC(=O)c3ccc4c(c3)C(C)(C)CCC4(C)C)ccc2C)ncn1. The van der Waals surface area contributed by atoms with E-state index >= 15 is 0 Å². The molecule has 2 aromatic carbocycles. The molecule has 1 fully saturated rings. The van der Waals surface area contributed by atoms with Crippen molar-refractivity contribution in [3.8, 4) is 5.82 Å². The minimum atomic E-state index is -0.120. The molecule has 4 aromatic rings. The molecular weight excluding hydrogens is 564 g/mol. The number of fused-ring (bicyclic) bond motifs is 1. The van der Waals surface area contributed by atoms with E-state index in [9.17, 15) is 4.79 Å². The van der Waals surface area contributed by atoms with Crippen LogP contribution in [0.2, 0.25) is 0 Å². The van der Waals surface area contributed by atoms with Crippen molar-refractivity contribution in [2.24, 2.45) is 0 Å². The molecule has 0 saturated carbocycles. The van der Waals surface area contributed by atoms with Gasteiger partial charge in [-0.3, -0.25) is 9.69 Å². The van der Waals surface area contributed by atoms with E-state index in [1.165, 1.54) is 17.5 Å². The van der Waals surface area contributed by atoms with Gasteiger partial charge in [0.1, 0.15) is 18.0 Å². The van der Waals surface area contributed by atoms with Crippen LogP contribution in [-0.4, -0.2) is 63.9 Å². The molecule has 2 aliphatic rings. The molecule has 1 aliphatic heterocycles. The summed E-state index contributed by atoms with van der Waals surface area (Å²) in [5.74, 6) is 1.99. The lowest BCUT2D eigenvalue weighted by Crippen LogP contribution is -2.35. The number of benzene rings is 2. The van der Waals surface area contributed by atoms with Crippen molar-refractivity contribution in [1.29, 1.82) is 0 Å². The quantitative estimate of drug-likeness (QED) is 0.217. The highest BCUT2D eigenvalue weighted by Gasteiger charge is 2.37. The first-order valence-corrected chi connectivity index (χ1v) is 15.8. The Hall–Kier alpha value is -4.28. The fraction of sp³-hybridized carbons (Fsp3) is 0.429. The van der Waals surface area contributed by atoms with Gasteiger partial charge in [0.2, 0.25) is 0 Å². The summed E-state index contributed by atoms with van der Waals surface area (Å²) in [6, 6.07) is 16.0. The lowest BCUT2D eigenvalue weighted by molar-refractivity contribution is 0.0336. The number of nitrogens with zero attached hydrogens (tertiary/aromatic N) is 5. The average Bonchev–Trinajstić information content (AvgIpc) is 3.43. The highest BCUT2D eigenvalue weighted by Crippen LogP contribution is 2.46. The molecule has 236 valence electrons. The van der Waals surface area contributed by atoms with Gasteiger partial charge in [-0.15, -0.1) is 0 Å². The number of aryl methyl sites for hydroxylation is 1. The number of carbonyl (C=O) groups is 1. The van der Waals surface area contributed by atoms with E-state index in [1.807, 2.05) is 44.3 Å². The van der Waals surface area contributed by atoms with Crippen molar-refractivity contribution in [2.75, 3.05) is 49.3 Å². The second-order valence-corrected chi connectivity index (χ2v) is 13.5. The highest BCUT2D eigenvalue weighted by atomic mass is 16.5. The van der Waals surface area contributed by atoms with Crippen LogP contribution in [0.3, 0.4) is 0 Å². The smallest absolute Gasteiger partial charge is 0.255 e. The monoisotopic (exact) mass is 608 g/mol. The second kappa shape index (κ2) is 12.3. The minimum Gasteiger partial charge on any atom is -0.379 e. The Morgan fingerprint density at radius 1 is 0.933 bits per heavy atom. The van der Waals surface area contributed by atoms with Gasteiger partial charge in [-0.1, -0.05) is 39.8 Å². The van der Waals surface area contributed by atoms with Crippen LogP contribution in [0, 0.1) is 6.92 Å². The Labute approximate surface area is 265 Å². The number of amides is 1. The van der Waals surface area contributed by atoms with E-state index in [1.54, 1.807) is 4.68 Å². The first-order chi connectivity index (χ1) is 21.5. The molecule has 0 spiro atoms. The summed E-state index contributed by atoms with van der Waals surface area (Å²) in [6.45, 7) is 15.1. The zero-order chi connectivity index (χ0) is 31.8. The van der Waals surface area contributed by atoms with Crippen LogP contribution in [0.1, 0.15) is 73.3 Å². The minimum absolute atomic E-state index is 0.0311. The Bertz CT molecular complexity index is 1700. The third kappa shape index (κ3) is 6.57. The Kier molecular flexibility index (Phi) is 8.37. The summed E-state index contributed by atoms with van der Waals surface area (Å²) >= 11 is 0. The zero-order valence-electron chi connectivity index (χ0n) is 27.2. The normalized spacial score (nSPS) is 17.4. The number of rotatable bonds is 8. The summed E-state index contributed by atoms with van der Waals surface area (Å²) in [6.07, 6.45) is 3.76. The molecule has 10 heteroatoms. The van der Waals surface area contributed by atoms with Gasteiger partial charge in [0, 0.05) is 55.8 Å². The number of anilines is 4. The van der Waals surface area contributed by atoms with Crippen molar-refractivity contribution in [3.05, 3.63) is 82.8 Å². The standard InChI is InChI=1S/C35H44N8O2/c1-23-7-9-25(39-33(44)24-8-10-27-28(17-24)35(4,5)12-11-34(27,2)3)18-29(23)40-32-19-26(21-42-13-15-45-16-14-42)41-43(32)31-20-30(36-6)37-22-38-31/h7-10,17-20,22,40H,11-16,21H2,1-6H3,(H,39,44)(H,36,37,38). The van der Waals surface area contributed by atoms with Gasteiger partial charge in [0.05, 0.1) is 18.9 Å². The molecule has 1 saturated heterocycles. The van der Waals surface area contributed by atoms with E-state index < -0.39 is 0 Å². The van der Waals surface area contributed by atoms with Crippen LogP contribution >= 0.6 is 0 Å². The molecular formula is C35H44N8O2. The molecule has 0 bridgehead atoms.